The van der Waals surface area contributed by atoms with Crippen LogP contribution in [0.4, 0.5) is 0 Å². The molecule has 0 bridgehead atoms. The summed E-state index contributed by atoms with van der Waals surface area (Å²) < 4.78 is 0.639. The lowest BCUT2D eigenvalue weighted by atomic mass is 10.1. The number of aromatic amines is 1. The van der Waals surface area contributed by atoms with Crippen molar-refractivity contribution in [3.63, 3.8) is 0 Å². The standard InChI is InChI=1S/C14H13Cl2IN2O/c1-7(2)5-11-12(17)14(20)19-13(18-11)8-3-4-9(15)10(16)6-8/h3-4,6-7H,5H2,1-2H3,(H,18,19,20). The highest BCUT2D eigenvalue weighted by Crippen LogP contribution is 2.27. The molecular formula is C14H13Cl2IN2O. The maximum Gasteiger partial charge on any atom is 0.264 e. The molecule has 0 atom stereocenters. The third-order valence-electron chi connectivity index (χ3n) is 2.73. The Morgan fingerprint density at radius 2 is 2.00 bits per heavy atom. The number of nitrogens with zero attached hydrogens (tertiary/aromatic N) is 1. The first-order valence-electron chi connectivity index (χ1n) is 6.12. The fourth-order valence-corrected chi connectivity index (χ4v) is 2.58. The van der Waals surface area contributed by atoms with Gasteiger partial charge in [-0.1, -0.05) is 37.0 Å². The van der Waals surface area contributed by atoms with Gasteiger partial charge in [-0.05, 0) is 53.1 Å². The Hall–Kier alpha value is -0.590. The lowest BCUT2D eigenvalue weighted by molar-refractivity contribution is 0.631. The predicted octanol–water partition coefficient (Wildman–Crippen LogP) is 4.55. The van der Waals surface area contributed by atoms with Crippen molar-refractivity contribution >= 4 is 45.8 Å². The zero-order valence-corrected chi connectivity index (χ0v) is 14.7. The third kappa shape index (κ3) is 3.54. The average Bonchev–Trinajstić information content (AvgIpc) is 2.37. The first kappa shape index (κ1) is 15.8. The second-order valence-electron chi connectivity index (χ2n) is 4.90. The van der Waals surface area contributed by atoms with Crippen LogP contribution in [0.1, 0.15) is 19.5 Å². The molecule has 1 heterocycles. The summed E-state index contributed by atoms with van der Waals surface area (Å²) >= 11 is 13.9. The van der Waals surface area contributed by atoms with E-state index >= 15 is 0 Å². The van der Waals surface area contributed by atoms with E-state index in [1.807, 2.05) is 22.6 Å². The molecule has 20 heavy (non-hydrogen) atoms. The van der Waals surface area contributed by atoms with Crippen molar-refractivity contribution in [2.45, 2.75) is 20.3 Å². The quantitative estimate of drug-likeness (QED) is 0.737. The number of nitrogens with one attached hydrogen (secondary N) is 1. The van der Waals surface area contributed by atoms with Crippen LogP contribution >= 0.6 is 45.8 Å². The number of hydrogen-bond donors (Lipinski definition) is 1. The molecule has 1 aromatic heterocycles. The molecule has 0 aliphatic carbocycles. The van der Waals surface area contributed by atoms with Crippen molar-refractivity contribution in [3.05, 3.63) is 47.9 Å². The first-order chi connectivity index (χ1) is 9.38. The topological polar surface area (TPSA) is 45.8 Å². The van der Waals surface area contributed by atoms with Gasteiger partial charge in [0.1, 0.15) is 5.82 Å². The smallest absolute Gasteiger partial charge is 0.264 e. The Labute approximate surface area is 140 Å². The van der Waals surface area contributed by atoms with Crippen molar-refractivity contribution < 1.29 is 0 Å². The van der Waals surface area contributed by atoms with Crippen molar-refractivity contribution in [1.82, 2.24) is 9.97 Å². The maximum atomic E-state index is 12.0. The Morgan fingerprint density at radius 3 is 2.60 bits per heavy atom. The normalized spacial score (nSPS) is 11.1. The van der Waals surface area contributed by atoms with E-state index in [0.29, 0.717) is 25.4 Å². The second kappa shape index (κ2) is 6.45. The predicted molar refractivity (Wildman–Crippen MR) is 91.6 cm³/mol. The summed E-state index contributed by atoms with van der Waals surface area (Å²) in [6, 6.07) is 5.19. The van der Waals surface area contributed by atoms with Crippen LogP contribution in [0.25, 0.3) is 11.4 Å². The van der Waals surface area contributed by atoms with Crippen molar-refractivity contribution in [1.29, 1.82) is 0 Å². The van der Waals surface area contributed by atoms with Gasteiger partial charge in [-0.25, -0.2) is 4.98 Å². The highest BCUT2D eigenvalue weighted by molar-refractivity contribution is 14.1. The lowest BCUT2D eigenvalue weighted by Gasteiger charge is -2.09. The number of aromatic nitrogens is 2. The second-order valence-corrected chi connectivity index (χ2v) is 6.80. The molecule has 0 saturated carbocycles. The SMILES string of the molecule is CC(C)Cc1nc(-c2ccc(Cl)c(Cl)c2)[nH]c(=O)c1I. The van der Waals surface area contributed by atoms with E-state index < -0.39 is 0 Å². The molecule has 0 spiro atoms. The molecule has 2 aromatic rings. The maximum absolute atomic E-state index is 12.0. The van der Waals surface area contributed by atoms with Crippen LogP contribution in [0, 0.1) is 9.49 Å². The minimum atomic E-state index is -0.127. The van der Waals surface area contributed by atoms with E-state index in [-0.39, 0.29) is 5.56 Å². The molecule has 1 aromatic carbocycles. The highest BCUT2D eigenvalue weighted by Gasteiger charge is 2.12. The van der Waals surface area contributed by atoms with Crippen molar-refractivity contribution in [3.8, 4) is 11.4 Å². The Kier molecular flexibility index (Phi) is 5.09. The van der Waals surface area contributed by atoms with Gasteiger partial charge in [0.25, 0.3) is 5.56 Å². The van der Waals surface area contributed by atoms with Gasteiger partial charge in [-0.2, -0.15) is 0 Å². The summed E-state index contributed by atoms with van der Waals surface area (Å²) in [4.78, 5) is 19.3. The number of H-pyrrole nitrogens is 1. The number of benzene rings is 1. The van der Waals surface area contributed by atoms with Gasteiger partial charge in [-0.3, -0.25) is 4.79 Å². The van der Waals surface area contributed by atoms with E-state index in [9.17, 15) is 4.79 Å². The van der Waals surface area contributed by atoms with E-state index in [1.54, 1.807) is 18.2 Å². The van der Waals surface area contributed by atoms with E-state index in [1.165, 1.54) is 0 Å². The van der Waals surface area contributed by atoms with Gasteiger partial charge in [0.15, 0.2) is 0 Å². The number of hydrogen-bond acceptors (Lipinski definition) is 2. The molecule has 0 aliphatic heterocycles. The largest absolute Gasteiger partial charge is 0.306 e. The van der Waals surface area contributed by atoms with Crippen molar-refractivity contribution in [2.75, 3.05) is 0 Å². The van der Waals surface area contributed by atoms with E-state index in [2.05, 4.69) is 23.8 Å². The summed E-state index contributed by atoms with van der Waals surface area (Å²) in [5.41, 5.74) is 1.43. The molecule has 0 unspecified atom stereocenters. The zero-order valence-electron chi connectivity index (χ0n) is 11.0. The molecule has 0 fully saturated rings. The monoisotopic (exact) mass is 422 g/mol. The highest BCUT2D eigenvalue weighted by atomic mass is 127. The van der Waals surface area contributed by atoms with Crippen LogP contribution < -0.4 is 5.56 Å². The summed E-state index contributed by atoms with van der Waals surface area (Å²) in [7, 11) is 0. The van der Waals surface area contributed by atoms with Crippen LogP contribution in [-0.2, 0) is 6.42 Å². The fraction of sp³-hybridized carbons (Fsp3) is 0.286. The fourth-order valence-electron chi connectivity index (χ4n) is 1.81. The Bertz CT molecular complexity index is 698. The summed E-state index contributed by atoms with van der Waals surface area (Å²) in [5, 5.41) is 0.918. The average molecular weight is 423 g/mol. The van der Waals surface area contributed by atoms with Gasteiger partial charge >= 0.3 is 0 Å². The Balaban J connectivity index is 2.54. The third-order valence-corrected chi connectivity index (χ3v) is 4.58. The van der Waals surface area contributed by atoms with Crippen LogP contribution in [0.15, 0.2) is 23.0 Å². The molecule has 3 nitrogen and oxygen atoms in total. The van der Waals surface area contributed by atoms with Gasteiger partial charge in [0.2, 0.25) is 0 Å². The van der Waals surface area contributed by atoms with Crippen LogP contribution in [0.2, 0.25) is 10.0 Å². The molecule has 0 aliphatic rings. The number of rotatable bonds is 3. The van der Waals surface area contributed by atoms with Gasteiger partial charge < -0.3 is 4.98 Å². The summed E-state index contributed by atoms with van der Waals surface area (Å²) in [6.07, 6.45) is 0.760. The van der Waals surface area contributed by atoms with E-state index in [0.717, 1.165) is 17.7 Å². The number of halogens is 3. The van der Waals surface area contributed by atoms with Crippen LogP contribution in [0.5, 0.6) is 0 Å². The lowest BCUT2D eigenvalue weighted by Crippen LogP contribution is -2.17. The van der Waals surface area contributed by atoms with Crippen LogP contribution in [0.3, 0.4) is 0 Å². The van der Waals surface area contributed by atoms with Crippen molar-refractivity contribution in [2.24, 2.45) is 5.92 Å². The molecule has 0 amide bonds. The molecular weight excluding hydrogens is 410 g/mol. The molecule has 2 rings (SSSR count). The van der Waals surface area contributed by atoms with Gasteiger partial charge in [-0.15, -0.1) is 0 Å². The molecule has 6 heteroatoms. The Morgan fingerprint density at radius 1 is 1.30 bits per heavy atom. The summed E-state index contributed by atoms with van der Waals surface area (Å²) in [6.45, 7) is 4.19. The molecule has 106 valence electrons. The van der Waals surface area contributed by atoms with E-state index in [4.69, 9.17) is 23.2 Å². The molecule has 0 radical (unpaired) electrons. The minimum Gasteiger partial charge on any atom is -0.306 e. The van der Waals surface area contributed by atoms with Gasteiger partial charge in [0.05, 0.1) is 19.3 Å². The first-order valence-corrected chi connectivity index (χ1v) is 7.96. The zero-order chi connectivity index (χ0) is 14.9. The van der Waals surface area contributed by atoms with Crippen LogP contribution in [-0.4, -0.2) is 9.97 Å². The molecule has 0 saturated heterocycles. The summed E-state index contributed by atoms with van der Waals surface area (Å²) in [5.74, 6) is 0.948. The molecule has 1 N–H and O–H groups in total. The van der Waals surface area contributed by atoms with Gasteiger partial charge in [0, 0.05) is 5.56 Å². The minimum absolute atomic E-state index is 0.127.